The molecule has 1 aromatic carbocycles. The van der Waals surface area contributed by atoms with Gasteiger partial charge in [-0.05, 0) is 34.7 Å². The van der Waals surface area contributed by atoms with E-state index in [4.69, 9.17) is 21.4 Å². The van der Waals surface area contributed by atoms with Gasteiger partial charge in [0, 0.05) is 18.0 Å². The van der Waals surface area contributed by atoms with E-state index in [-0.39, 0.29) is 6.42 Å². The second-order valence-electron chi connectivity index (χ2n) is 4.04. The van der Waals surface area contributed by atoms with Gasteiger partial charge in [0.2, 0.25) is 0 Å². The maximum absolute atomic E-state index is 10.6. The maximum atomic E-state index is 10.6. The summed E-state index contributed by atoms with van der Waals surface area (Å²) in [6, 6.07) is 7.08. The summed E-state index contributed by atoms with van der Waals surface area (Å²) in [7, 11) is 0. The Morgan fingerprint density at radius 2 is 2.10 bits per heavy atom. The number of halogens is 1. The van der Waals surface area contributed by atoms with Crippen LogP contribution >= 0.6 is 11.6 Å². The van der Waals surface area contributed by atoms with Crippen molar-refractivity contribution in [2.45, 2.75) is 19.4 Å². The van der Waals surface area contributed by atoms with E-state index >= 15 is 0 Å². The number of benzene rings is 1. The van der Waals surface area contributed by atoms with Gasteiger partial charge in [-0.3, -0.25) is 4.79 Å². The van der Waals surface area contributed by atoms with Gasteiger partial charge in [0.1, 0.15) is 12.2 Å². The molecular formula is C12H13ClN4O3. The largest absolute Gasteiger partial charge is 0.494 e. The van der Waals surface area contributed by atoms with Crippen molar-refractivity contribution in [1.82, 2.24) is 20.2 Å². The van der Waals surface area contributed by atoms with E-state index in [2.05, 4.69) is 15.5 Å². The topological polar surface area (TPSA) is 90.1 Å². The zero-order valence-corrected chi connectivity index (χ0v) is 11.3. The average Bonchev–Trinajstić information content (AvgIpc) is 2.83. The zero-order valence-electron chi connectivity index (χ0n) is 10.6. The highest BCUT2D eigenvalue weighted by Crippen LogP contribution is 2.15. The summed E-state index contributed by atoms with van der Waals surface area (Å²) in [5.41, 5.74) is 0. The number of tetrazole rings is 1. The minimum Gasteiger partial charge on any atom is -0.494 e. The number of aryl methyl sites for hydroxylation is 1. The first-order valence-electron chi connectivity index (χ1n) is 6.00. The third-order valence-electron chi connectivity index (χ3n) is 2.51. The summed E-state index contributed by atoms with van der Waals surface area (Å²) in [5.74, 6) is 0.110. The van der Waals surface area contributed by atoms with E-state index in [9.17, 15) is 4.79 Å². The van der Waals surface area contributed by atoms with Crippen LogP contribution in [0.4, 0.5) is 0 Å². The summed E-state index contributed by atoms with van der Waals surface area (Å²) >= 11 is 5.77. The molecule has 8 heteroatoms. The summed E-state index contributed by atoms with van der Waals surface area (Å²) in [5, 5.41) is 20.2. The van der Waals surface area contributed by atoms with Gasteiger partial charge in [0.05, 0.1) is 6.61 Å². The number of ether oxygens (including phenoxy) is 1. The molecule has 2 rings (SSSR count). The van der Waals surface area contributed by atoms with Crippen LogP contribution in [0.3, 0.4) is 0 Å². The van der Waals surface area contributed by atoms with Crippen LogP contribution in [0.5, 0.6) is 5.75 Å². The molecule has 0 saturated heterocycles. The van der Waals surface area contributed by atoms with Crippen LogP contribution in [0.1, 0.15) is 12.2 Å². The number of carboxylic acid groups (broad SMARTS) is 1. The number of aliphatic carboxylic acids is 1. The lowest BCUT2D eigenvalue weighted by atomic mass is 10.3. The fourth-order valence-corrected chi connectivity index (χ4v) is 1.72. The van der Waals surface area contributed by atoms with Gasteiger partial charge in [-0.25, -0.2) is 4.68 Å². The molecule has 0 radical (unpaired) electrons. The third-order valence-corrected chi connectivity index (χ3v) is 2.76. The van der Waals surface area contributed by atoms with Crippen LogP contribution in [0, 0.1) is 0 Å². The van der Waals surface area contributed by atoms with Crippen molar-refractivity contribution in [2.24, 2.45) is 0 Å². The predicted octanol–water partition coefficient (Wildman–Crippen LogP) is 1.42. The second-order valence-corrected chi connectivity index (χ2v) is 4.48. The van der Waals surface area contributed by atoms with Crippen LogP contribution in [0.2, 0.25) is 5.02 Å². The quantitative estimate of drug-likeness (QED) is 0.777. The van der Waals surface area contributed by atoms with Crippen LogP contribution < -0.4 is 4.74 Å². The van der Waals surface area contributed by atoms with Crippen LogP contribution in [0.25, 0.3) is 0 Å². The van der Waals surface area contributed by atoms with Crippen molar-refractivity contribution >= 4 is 17.6 Å². The number of carboxylic acids is 1. The predicted molar refractivity (Wildman–Crippen MR) is 70.7 cm³/mol. The van der Waals surface area contributed by atoms with Gasteiger partial charge < -0.3 is 9.84 Å². The lowest BCUT2D eigenvalue weighted by Gasteiger charge is -2.06. The van der Waals surface area contributed by atoms with Gasteiger partial charge in [-0.15, -0.1) is 5.10 Å². The molecule has 0 unspecified atom stereocenters. The van der Waals surface area contributed by atoms with E-state index in [0.29, 0.717) is 30.4 Å². The standard InChI is InChI=1S/C12H13ClN4O3/c13-9-2-4-10(5-3-9)20-7-1-6-17-11(8-12(18)19)14-15-16-17/h2-5H,1,6-8H2,(H,18,19). The number of hydrogen-bond donors (Lipinski definition) is 1. The van der Waals surface area contributed by atoms with Gasteiger partial charge in [0.15, 0.2) is 5.82 Å². The smallest absolute Gasteiger partial charge is 0.311 e. The van der Waals surface area contributed by atoms with Crippen molar-refractivity contribution in [3.8, 4) is 5.75 Å². The van der Waals surface area contributed by atoms with Gasteiger partial charge >= 0.3 is 5.97 Å². The fourth-order valence-electron chi connectivity index (χ4n) is 1.59. The first kappa shape index (κ1) is 14.3. The molecule has 0 fully saturated rings. The van der Waals surface area contributed by atoms with Crippen molar-refractivity contribution in [3.05, 3.63) is 35.1 Å². The Morgan fingerprint density at radius 1 is 1.35 bits per heavy atom. The lowest BCUT2D eigenvalue weighted by Crippen LogP contribution is -2.12. The molecule has 20 heavy (non-hydrogen) atoms. The Hall–Kier alpha value is -2.15. The van der Waals surface area contributed by atoms with Gasteiger partial charge in [-0.1, -0.05) is 11.6 Å². The number of aromatic nitrogens is 4. The maximum Gasteiger partial charge on any atom is 0.311 e. The lowest BCUT2D eigenvalue weighted by molar-refractivity contribution is -0.136. The van der Waals surface area contributed by atoms with Crippen LogP contribution in [0.15, 0.2) is 24.3 Å². The second kappa shape index (κ2) is 6.85. The Bertz CT molecular complexity index is 570. The van der Waals surface area contributed by atoms with E-state index in [1.807, 2.05) is 0 Å². The molecule has 2 aromatic rings. The van der Waals surface area contributed by atoms with Crippen molar-refractivity contribution < 1.29 is 14.6 Å². The molecular weight excluding hydrogens is 284 g/mol. The SMILES string of the molecule is O=C(O)Cc1nnnn1CCCOc1ccc(Cl)cc1. The van der Waals surface area contributed by atoms with E-state index in [0.717, 1.165) is 5.75 Å². The van der Waals surface area contributed by atoms with Crippen molar-refractivity contribution in [3.63, 3.8) is 0 Å². The van der Waals surface area contributed by atoms with Crippen LogP contribution in [-0.4, -0.2) is 37.9 Å². The monoisotopic (exact) mass is 296 g/mol. The molecule has 1 N–H and O–H groups in total. The Kier molecular flexibility index (Phi) is 4.89. The first-order valence-corrected chi connectivity index (χ1v) is 6.38. The molecule has 0 atom stereocenters. The first-order chi connectivity index (χ1) is 9.65. The highest BCUT2D eigenvalue weighted by Gasteiger charge is 2.09. The number of rotatable bonds is 7. The molecule has 7 nitrogen and oxygen atoms in total. The molecule has 1 heterocycles. The zero-order chi connectivity index (χ0) is 14.4. The Labute approximate surface area is 120 Å². The highest BCUT2D eigenvalue weighted by molar-refractivity contribution is 6.30. The van der Waals surface area contributed by atoms with E-state index < -0.39 is 5.97 Å². The average molecular weight is 297 g/mol. The van der Waals surface area contributed by atoms with Gasteiger partial charge in [-0.2, -0.15) is 0 Å². The molecule has 0 saturated carbocycles. The summed E-state index contributed by atoms with van der Waals surface area (Å²) in [6.45, 7) is 0.983. The molecule has 0 aliphatic heterocycles. The Morgan fingerprint density at radius 3 is 2.80 bits per heavy atom. The van der Waals surface area contributed by atoms with Crippen molar-refractivity contribution in [2.75, 3.05) is 6.61 Å². The van der Waals surface area contributed by atoms with Crippen LogP contribution in [-0.2, 0) is 17.8 Å². The number of carbonyl (C=O) groups is 1. The van der Waals surface area contributed by atoms with Crippen molar-refractivity contribution in [1.29, 1.82) is 0 Å². The number of hydrogen-bond acceptors (Lipinski definition) is 5. The molecule has 0 aliphatic carbocycles. The number of nitrogens with zero attached hydrogens (tertiary/aromatic N) is 4. The molecule has 0 bridgehead atoms. The Balaban J connectivity index is 1.77. The van der Waals surface area contributed by atoms with E-state index in [1.165, 1.54) is 4.68 Å². The molecule has 0 amide bonds. The molecule has 0 aliphatic rings. The van der Waals surface area contributed by atoms with Gasteiger partial charge in [0.25, 0.3) is 0 Å². The van der Waals surface area contributed by atoms with E-state index in [1.54, 1.807) is 24.3 Å². The fraction of sp³-hybridized carbons (Fsp3) is 0.333. The molecule has 106 valence electrons. The molecule has 1 aromatic heterocycles. The third kappa shape index (κ3) is 4.20. The minimum absolute atomic E-state index is 0.189. The summed E-state index contributed by atoms with van der Waals surface area (Å²) in [6.07, 6.45) is 0.478. The minimum atomic E-state index is -0.960. The summed E-state index contributed by atoms with van der Waals surface area (Å²) in [4.78, 5) is 10.6. The summed E-state index contributed by atoms with van der Waals surface area (Å²) < 4.78 is 6.99. The highest BCUT2D eigenvalue weighted by atomic mass is 35.5. The normalized spacial score (nSPS) is 10.4. The molecule has 0 spiro atoms.